The number of hydrogen-bond acceptors (Lipinski definition) is 6. The van der Waals surface area contributed by atoms with E-state index in [-0.39, 0.29) is 11.3 Å². The fraction of sp³-hybridized carbons (Fsp3) is 0.476. The SMILES string of the molecule is CCCCC(C(=O)NO)N1C(=O)C(=O)C(=C(O)c2ccc(C)cc2)C1CCSC. The number of rotatable bonds is 9. The van der Waals surface area contributed by atoms with E-state index in [0.29, 0.717) is 30.6 Å². The van der Waals surface area contributed by atoms with Crippen molar-refractivity contribution in [1.82, 2.24) is 10.4 Å². The summed E-state index contributed by atoms with van der Waals surface area (Å²) in [5.74, 6) is -1.97. The molecule has 2 atom stereocenters. The van der Waals surface area contributed by atoms with E-state index in [0.717, 1.165) is 12.0 Å². The number of aliphatic hydroxyl groups is 1. The lowest BCUT2D eigenvalue weighted by Gasteiger charge is -2.31. The van der Waals surface area contributed by atoms with Gasteiger partial charge in [-0.25, -0.2) is 5.48 Å². The summed E-state index contributed by atoms with van der Waals surface area (Å²) in [6.45, 7) is 3.86. The third-order valence-corrected chi connectivity index (χ3v) is 5.74. The minimum atomic E-state index is -0.980. The number of nitrogens with one attached hydrogen (secondary N) is 1. The molecule has 3 N–H and O–H groups in total. The van der Waals surface area contributed by atoms with Crippen molar-refractivity contribution >= 4 is 35.1 Å². The molecule has 0 radical (unpaired) electrons. The molecular formula is C21H28N2O5S. The summed E-state index contributed by atoms with van der Waals surface area (Å²) in [5.41, 5.74) is 3.08. The number of amides is 2. The number of hydrogen-bond donors (Lipinski definition) is 3. The minimum Gasteiger partial charge on any atom is -0.507 e. The Bertz CT molecular complexity index is 791. The van der Waals surface area contributed by atoms with Crippen molar-refractivity contribution in [3.63, 3.8) is 0 Å². The molecule has 1 heterocycles. The van der Waals surface area contributed by atoms with Gasteiger partial charge in [0.05, 0.1) is 11.6 Å². The van der Waals surface area contributed by atoms with Crippen LogP contribution in [0.2, 0.25) is 0 Å². The first-order valence-corrected chi connectivity index (χ1v) is 11.1. The molecule has 0 spiro atoms. The van der Waals surface area contributed by atoms with E-state index in [2.05, 4.69) is 0 Å². The average molecular weight is 421 g/mol. The van der Waals surface area contributed by atoms with Gasteiger partial charge in [0.2, 0.25) is 0 Å². The van der Waals surface area contributed by atoms with Gasteiger partial charge in [-0.15, -0.1) is 0 Å². The normalized spacial score (nSPS) is 19.4. The monoisotopic (exact) mass is 420 g/mol. The molecule has 1 saturated heterocycles. The van der Waals surface area contributed by atoms with Crippen molar-refractivity contribution in [2.24, 2.45) is 0 Å². The van der Waals surface area contributed by atoms with Gasteiger partial charge >= 0.3 is 0 Å². The number of carbonyl (C=O) groups is 3. The number of ketones is 1. The van der Waals surface area contributed by atoms with E-state index in [9.17, 15) is 24.7 Å². The maximum atomic E-state index is 12.9. The molecule has 0 aliphatic carbocycles. The molecule has 7 nitrogen and oxygen atoms in total. The van der Waals surface area contributed by atoms with Gasteiger partial charge in [-0.3, -0.25) is 19.6 Å². The highest BCUT2D eigenvalue weighted by Crippen LogP contribution is 2.34. The van der Waals surface area contributed by atoms with E-state index in [1.165, 1.54) is 4.90 Å². The van der Waals surface area contributed by atoms with Crippen molar-refractivity contribution in [2.45, 2.75) is 51.6 Å². The average Bonchev–Trinajstić information content (AvgIpc) is 2.97. The number of nitrogens with zero attached hydrogens (tertiary/aromatic N) is 1. The molecule has 1 aromatic carbocycles. The maximum absolute atomic E-state index is 12.9. The molecule has 8 heteroatoms. The van der Waals surface area contributed by atoms with E-state index < -0.39 is 29.7 Å². The van der Waals surface area contributed by atoms with Crippen LogP contribution in [0.1, 0.15) is 43.7 Å². The lowest BCUT2D eigenvalue weighted by molar-refractivity contribution is -0.147. The van der Waals surface area contributed by atoms with Gasteiger partial charge in [0, 0.05) is 5.56 Å². The van der Waals surface area contributed by atoms with Crippen molar-refractivity contribution in [3.05, 3.63) is 41.0 Å². The molecule has 2 amide bonds. The Morgan fingerprint density at radius 1 is 1.28 bits per heavy atom. The highest BCUT2D eigenvalue weighted by Gasteiger charge is 2.49. The Labute approximate surface area is 175 Å². The van der Waals surface area contributed by atoms with Crippen molar-refractivity contribution in [3.8, 4) is 0 Å². The summed E-state index contributed by atoms with van der Waals surface area (Å²) >= 11 is 1.54. The molecule has 0 saturated carbocycles. The topological polar surface area (TPSA) is 107 Å². The van der Waals surface area contributed by atoms with Crippen LogP contribution >= 0.6 is 11.8 Å². The summed E-state index contributed by atoms with van der Waals surface area (Å²) < 4.78 is 0. The van der Waals surface area contributed by atoms with Crippen LogP contribution in [-0.4, -0.2) is 56.9 Å². The van der Waals surface area contributed by atoms with Gasteiger partial charge in [0.1, 0.15) is 11.8 Å². The number of aryl methyl sites for hydroxylation is 1. The molecule has 1 fully saturated rings. The van der Waals surface area contributed by atoms with Gasteiger partial charge in [-0.2, -0.15) is 11.8 Å². The first-order chi connectivity index (χ1) is 13.9. The van der Waals surface area contributed by atoms with Crippen molar-refractivity contribution in [1.29, 1.82) is 0 Å². The molecule has 29 heavy (non-hydrogen) atoms. The zero-order chi connectivity index (χ0) is 21.6. The Hall–Kier alpha value is -2.32. The highest BCUT2D eigenvalue weighted by atomic mass is 32.2. The van der Waals surface area contributed by atoms with Crippen LogP contribution < -0.4 is 5.48 Å². The Kier molecular flexibility index (Phi) is 8.28. The van der Waals surface area contributed by atoms with Crippen LogP contribution in [0.4, 0.5) is 0 Å². The Morgan fingerprint density at radius 3 is 2.48 bits per heavy atom. The molecule has 2 rings (SSSR count). The first kappa shape index (κ1) is 23.0. The summed E-state index contributed by atoms with van der Waals surface area (Å²) in [7, 11) is 0. The van der Waals surface area contributed by atoms with Gasteiger partial charge in [-0.05, 0) is 31.8 Å². The quantitative estimate of drug-likeness (QED) is 0.186. The maximum Gasteiger partial charge on any atom is 0.296 e. The second-order valence-electron chi connectivity index (χ2n) is 7.10. The molecular weight excluding hydrogens is 392 g/mol. The third-order valence-electron chi connectivity index (χ3n) is 5.10. The van der Waals surface area contributed by atoms with Crippen LogP contribution in [0.25, 0.3) is 5.76 Å². The van der Waals surface area contributed by atoms with Crippen LogP contribution in [0.15, 0.2) is 29.8 Å². The smallest absolute Gasteiger partial charge is 0.296 e. The van der Waals surface area contributed by atoms with Crippen LogP contribution in [0.3, 0.4) is 0 Å². The predicted molar refractivity (Wildman–Crippen MR) is 113 cm³/mol. The number of Topliss-reactive ketones (excluding diaryl/α,β-unsaturated/α-hetero) is 1. The zero-order valence-electron chi connectivity index (χ0n) is 17.0. The van der Waals surface area contributed by atoms with E-state index in [1.807, 2.05) is 32.2 Å². The largest absolute Gasteiger partial charge is 0.507 e. The van der Waals surface area contributed by atoms with Gasteiger partial charge in [-0.1, -0.05) is 49.6 Å². The Morgan fingerprint density at radius 2 is 1.93 bits per heavy atom. The number of carbonyl (C=O) groups excluding carboxylic acids is 3. The summed E-state index contributed by atoms with van der Waals surface area (Å²) in [6.07, 6.45) is 4.06. The molecule has 1 aliphatic heterocycles. The highest BCUT2D eigenvalue weighted by molar-refractivity contribution is 7.98. The van der Waals surface area contributed by atoms with E-state index >= 15 is 0 Å². The predicted octanol–water partition coefficient (Wildman–Crippen LogP) is 2.86. The van der Waals surface area contributed by atoms with Crippen molar-refractivity contribution in [2.75, 3.05) is 12.0 Å². The second kappa shape index (κ2) is 10.5. The fourth-order valence-electron chi connectivity index (χ4n) is 3.54. The lowest BCUT2D eigenvalue weighted by atomic mass is 9.98. The van der Waals surface area contributed by atoms with Crippen LogP contribution in [0, 0.1) is 6.92 Å². The fourth-order valence-corrected chi connectivity index (χ4v) is 4.00. The summed E-state index contributed by atoms with van der Waals surface area (Å²) in [5, 5.41) is 20.0. The Balaban J connectivity index is 2.55. The molecule has 1 aliphatic rings. The molecule has 158 valence electrons. The number of hydroxylamine groups is 1. The number of aliphatic hydroxyl groups excluding tert-OH is 1. The number of unbranched alkanes of at least 4 members (excludes halogenated alkanes) is 1. The molecule has 2 unspecified atom stereocenters. The zero-order valence-corrected chi connectivity index (χ0v) is 17.8. The van der Waals surface area contributed by atoms with Crippen LogP contribution in [0.5, 0.6) is 0 Å². The van der Waals surface area contributed by atoms with E-state index in [1.54, 1.807) is 29.4 Å². The number of benzene rings is 1. The van der Waals surface area contributed by atoms with Crippen LogP contribution in [-0.2, 0) is 14.4 Å². The van der Waals surface area contributed by atoms with Gasteiger partial charge < -0.3 is 10.0 Å². The first-order valence-electron chi connectivity index (χ1n) is 9.67. The van der Waals surface area contributed by atoms with Gasteiger partial charge in [0.15, 0.2) is 0 Å². The number of likely N-dealkylation sites (tertiary alicyclic amines) is 1. The summed E-state index contributed by atoms with van der Waals surface area (Å²) in [4.78, 5) is 39.3. The molecule has 0 bridgehead atoms. The molecule has 1 aromatic rings. The van der Waals surface area contributed by atoms with Crippen molar-refractivity contribution < 1.29 is 24.7 Å². The second-order valence-corrected chi connectivity index (χ2v) is 8.09. The minimum absolute atomic E-state index is 0.0140. The van der Waals surface area contributed by atoms with Gasteiger partial charge in [0.25, 0.3) is 17.6 Å². The third kappa shape index (κ3) is 5.00. The lowest BCUT2D eigenvalue weighted by Crippen LogP contribution is -2.50. The molecule has 0 aromatic heterocycles. The standard InChI is InChI=1S/C21H28N2O5S/c1-4-5-6-16(20(26)22-28)23-15(11-12-29-3)17(19(25)21(23)27)18(24)14-9-7-13(2)8-10-14/h7-10,15-16,24,28H,4-6,11-12H2,1-3H3,(H,22,26). The summed E-state index contributed by atoms with van der Waals surface area (Å²) in [6, 6.07) is 5.29. The number of thioether (sulfide) groups is 1. The van der Waals surface area contributed by atoms with E-state index in [4.69, 9.17) is 0 Å².